The number of carbonyl (C=O) groups excluding carboxylic acids is 1. The van der Waals surface area contributed by atoms with Gasteiger partial charge in [-0.2, -0.15) is 0 Å². The predicted octanol–water partition coefficient (Wildman–Crippen LogP) is 3.92. The molecule has 0 saturated carbocycles. The Hall–Kier alpha value is -2.47. The van der Waals surface area contributed by atoms with Crippen LogP contribution in [0.4, 0.5) is 5.69 Å². The van der Waals surface area contributed by atoms with Gasteiger partial charge in [-0.1, -0.05) is 6.07 Å². The monoisotopic (exact) mass is 393 g/mol. The second-order valence-corrected chi connectivity index (χ2v) is 8.87. The van der Waals surface area contributed by atoms with Crippen LogP contribution < -0.4 is 10.9 Å². The Kier molecular flexibility index (Phi) is 4.51. The molecule has 5 rings (SSSR count). The second kappa shape index (κ2) is 7.17. The minimum atomic E-state index is -0.0570. The first kappa shape index (κ1) is 17.6. The van der Waals surface area contributed by atoms with Gasteiger partial charge in [-0.25, -0.2) is 4.98 Å². The molecular formula is C22H23N3O2S. The topological polar surface area (TPSA) is 74.8 Å². The van der Waals surface area contributed by atoms with Gasteiger partial charge >= 0.3 is 0 Å². The van der Waals surface area contributed by atoms with Crippen LogP contribution in [0.1, 0.15) is 53.1 Å². The minimum Gasteiger partial charge on any atom is -0.326 e. The van der Waals surface area contributed by atoms with Crippen molar-refractivity contribution in [2.24, 2.45) is 0 Å². The maximum absolute atomic E-state index is 12.6. The molecule has 144 valence electrons. The molecule has 2 aliphatic rings. The molecule has 3 aromatic rings. The third-order valence-electron chi connectivity index (χ3n) is 5.85. The van der Waals surface area contributed by atoms with E-state index in [1.54, 1.807) is 11.3 Å². The van der Waals surface area contributed by atoms with Crippen molar-refractivity contribution in [3.8, 4) is 0 Å². The van der Waals surface area contributed by atoms with E-state index >= 15 is 0 Å². The van der Waals surface area contributed by atoms with Crippen LogP contribution >= 0.6 is 11.3 Å². The molecule has 0 radical (unpaired) electrons. The summed E-state index contributed by atoms with van der Waals surface area (Å²) in [5.74, 6) is 0.548. The molecule has 28 heavy (non-hydrogen) atoms. The van der Waals surface area contributed by atoms with Crippen molar-refractivity contribution in [3.63, 3.8) is 0 Å². The van der Waals surface area contributed by atoms with Crippen molar-refractivity contribution in [1.29, 1.82) is 0 Å². The first-order valence-electron chi connectivity index (χ1n) is 10.1. The number of aryl methyl sites for hydroxylation is 5. The van der Waals surface area contributed by atoms with Crippen LogP contribution in [0.15, 0.2) is 23.0 Å². The van der Waals surface area contributed by atoms with Crippen molar-refractivity contribution in [3.05, 3.63) is 55.9 Å². The van der Waals surface area contributed by atoms with E-state index in [1.807, 2.05) is 6.07 Å². The van der Waals surface area contributed by atoms with Gasteiger partial charge in [-0.3, -0.25) is 9.59 Å². The van der Waals surface area contributed by atoms with Crippen molar-refractivity contribution in [1.82, 2.24) is 9.97 Å². The van der Waals surface area contributed by atoms with E-state index in [4.69, 9.17) is 0 Å². The number of nitrogens with one attached hydrogen (secondary N) is 2. The number of rotatable bonds is 4. The van der Waals surface area contributed by atoms with Crippen LogP contribution in [-0.2, 0) is 36.9 Å². The zero-order chi connectivity index (χ0) is 19.1. The molecular weight excluding hydrogens is 370 g/mol. The molecule has 0 spiro atoms. The van der Waals surface area contributed by atoms with Crippen molar-refractivity contribution < 1.29 is 4.79 Å². The van der Waals surface area contributed by atoms with Gasteiger partial charge in [0.15, 0.2) is 0 Å². The Balaban J connectivity index is 1.29. The van der Waals surface area contributed by atoms with Gasteiger partial charge in [0.2, 0.25) is 5.91 Å². The van der Waals surface area contributed by atoms with Crippen molar-refractivity contribution in [2.45, 2.75) is 57.8 Å². The van der Waals surface area contributed by atoms with Gasteiger partial charge < -0.3 is 10.3 Å². The molecule has 2 aliphatic carbocycles. The third-order valence-corrected chi connectivity index (χ3v) is 7.03. The molecule has 6 heteroatoms. The Morgan fingerprint density at radius 1 is 1.11 bits per heavy atom. The maximum Gasteiger partial charge on any atom is 0.259 e. The summed E-state index contributed by atoms with van der Waals surface area (Å²) in [6.07, 6.45) is 8.51. The first-order chi connectivity index (χ1) is 13.7. The van der Waals surface area contributed by atoms with Gasteiger partial charge in [0.25, 0.3) is 5.56 Å². The third kappa shape index (κ3) is 3.26. The van der Waals surface area contributed by atoms with E-state index in [0.717, 1.165) is 48.0 Å². The Bertz CT molecular complexity index is 1130. The summed E-state index contributed by atoms with van der Waals surface area (Å²) in [7, 11) is 0. The van der Waals surface area contributed by atoms with Gasteiger partial charge in [0.05, 0.1) is 5.39 Å². The number of nitrogens with zero attached hydrogens (tertiary/aromatic N) is 1. The lowest BCUT2D eigenvalue weighted by molar-refractivity contribution is -0.116. The first-order valence-corrected chi connectivity index (χ1v) is 10.9. The van der Waals surface area contributed by atoms with E-state index < -0.39 is 0 Å². The van der Waals surface area contributed by atoms with Crippen LogP contribution in [0.5, 0.6) is 0 Å². The molecule has 2 N–H and O–H groups in total. The molecule has 2 aromatic heterocycles. The highest BCUT2D eigenvalue weighted by atomic mass is 32.1. The highest BCUT2D eigenvalue weighted by molar-refractivity contribution is 7.18. The Morgan fingerprint density at radius 2 is 1.96 bits per heavy atom. The summed E-state index contributed by atoms with van der Waals surface area (Å²) in [4.78, 5) is 34.6. The molecule has 0 saturated heterocycles. The molecule has 0 unspecified atom stereocenters. The van der Waals surface area contributed by atoms with E-state index in [2.05, 4.69) is 27.4 Å². The number of fused-ring (bicyclic) bond motifs is 4. The van der Waals surface area contributed by atoms with E-state index in [-0.39, 0.29) is 11.5 Å². The van der Waals surface area contributed by atoms with E-state index in [1.165, 1.54) is 34.4 Å². The fraction of sp³-hybridized carbons (Fsp3) is 0.409. The number of carbonyl (C=O) groups is 1. The number of benzene rings is 1. The second-order valence-electron chi connectivity index (χ2n) is 7.79. The zero-order valence-electron chi connectivity index (χ0n) is 15.8. The SMILES string of the molecule is O=C(CCc1nc2sc3c(c2c(=O)[nH]1)CCCC3)Nc1ccc2c(c1)CCC2. The van der Waals surface area contributed by atoms with Crippen LogP contribution in [-0.4, -0.2) is 15.9 Å². The molecule has 0 aliphatic heterocycles. The summed E-state index contributed by atoms with van der Waals surface area (Å²) in [6.45, 7) is 0. The van der Waals surface area contributed by atoms with Crippen molar-refractivity contribution in [2.75, 3.05) is 5.32 Å². The number of aromatic amines is 1. The highest BCUT2D eigenvalue weighted by Crippen LogP contribution is 2.33. The quantitative estimate of drug-likeness (QED) is 0.705. The summed E-state index contributed by atoms with van der Waals surface area (Å²) in [5.41, 5.74) is 4.73. The molecule has 1 aromatic carbocycles. The summed E-state index contributed by atoms with van der Waals surface area (Å²) < 4.78 is 0. The van der Waals surface area contributed by atoms with E-state index in [0.29, 0.717) is 18.7 Å². The average molecular weight is 394 g/mol. The number of hydrogen-bond acceptors (Lipinski definition) is 4. The lowest BCUT2D eigenvalue weighted by atomic mass is 9.97. The lowest BCUT2D eigenvalue weighted by Crippen LogP contribution is -2.16. The van der Waals surface area contributed by atoms with Crippen LogP contribution in [0, 0.1) is 0 Å². The number of anilines is 1. The van der Waals surface area contributed by atoms with E-state index in [9.17, 15) is 9.59 Å². The highest BCUT2D eigenvalue weighted by Gasteiger charge is 2.20. The summed E-state index contributed by atoms with van der Waals surface area (Å²) >= 11 is 1.64. The number of aromatic nitrogens is 2. The molecule has 0 atom stereocenters. The summed E-state index contributed by atoms with van der Waals surface area (Å²) in [5, 5.41) is 3.75. The normalized spacial score (nSPS) is 15.4. The van der Waals surface area contributed by atoms with Gasteiger partial charge in [-0.05, 0) is 73.8 Å². The maximum atomic E-state index is 12.6. The van der Waals surface area contributed by atoms with Crippen LogP contribution in [0.2, 0.25) is 0 Å². The average Bonchev–Trinajstić information content (AvgIpc) is 3.30. The molecule has 5 nitrogen and oxygen atoms in total. The lowest BCUT2D eigenvalue weighted by Gasteiger charge is -2.09. The molecule has 1 amide bonds. The number of H-pyrrole nitrogens is 1. The number of amides is 1. The largest absolute Gasteiger partial charge is 0.326 e. The van der Waals surface area contributed by atoms with Gasteiger partial charge in [-0.15, -0.1) is 11.3 Å². The van der Waals surface area contributed by atoms with Gasteiger partial charge in [0.1, 0.15) is 10.7 Å². The molecule has 2 heterocycles. The number of hydrogen-bond donors (Lipinski definition) is 2. The number of thiophene rings is 1. The Morgan fingerprint density at radius 3 is 2.89 bits per heavy atom. The molecule has 0 fully saturated rings. The summed E-state index contributed by atoms with van der Waals surface area (Å²) in [6, 6.07) is 6.18. The van der Waals surface area contributed by atoms with Crippen LogP contribution in [0.25, 0.3) is 10.2 Å². The predicted molar refractivity (Wildman–Crippen MR) is 112 cm³/mol. The standard InChI is InChI=1S/C22H23N3O2S/c26-19(23-15-9-8-13-4-3-5-14(13)12-15)11-10-18-24-21(27)20-16-6-1-2-7-17(16)28-22(20)25-18/h8-9,12H,1-7,10-11H2,(H,23,26)(H,24,25,27). The van der Waals surface area contributed by atoms with Crippen molar-refractivity contribution >= 4 is 33.1 Å². The fourth-order valence-corrected chi connectivity index (χ4v) is 5.71. The minimum absolute atomic E-state index is 0.0498. The fourth-order valence-electron chi connectivity index (χ4n) is 4.43. The van der Waals surface area contributed by atoms with Gasteiger partial charge in [0, 0.05) is 23.4 Å². The smallest absolute Gasteiger partial charge is 0.259 e. The zero-order valence-corrected chi connectivity index (χ0v) is 16.6. The van der Waals surface area contributed by atoms with Crippen LogP contribution in [0.3, 0.4) is 0 Å². The molecule has 0 bridgehead atoms. The Labute approximate surface area is 167 Å².